The van der Waals surface area contributed by atoms with Gasteiger partial charge in [-0.15, -0.1) is 0 Å². The van der Waals surface area contributed by atoms with Crippen LogP contribution in [0.5, 0.6) is 0 Å². The summed E-state index contributed by atoms with van der Waals surface area (Å²) in [7, 11) is 0. The van der Waals surface area contributed by atoms with E-state index in [2.05, 4.69) is 63.3 Å². The lowest BCUT2D eigenvalue weighted by atomic mass is 10.00. The second-order valence-corrected chi connectivity index (χ2v) is 4.99. The highest BCUT2D eigenvalue weighted by atomic mass is 14.9. The van der Waals surface area contributed by atoms with Gasteiger partial charge in [0.1, 0.15) is 0 Å². The van der Waals surface area contributed by atoms with Crippen molar-refractivity contribution < 1.29 is 0 Å². The predicted molar refractivity (Wildman–Crippen MR) is 71.7 cm³/mol. The van der Waals surface area contributed by atoms with Crippen LogP contribution in [0.1, 0.15) is 39.7 Å². The maximum atomic E-state index is 3.71. The zero-order valence-corrected chi connectivity index (χ0v) is 11.0. The third-order valence-electron chi connectivity index (χ3n) is 3.32. The molecule has 2 unspecified atom stereocenters. The highest BCUT2D eigenvalue weighted by molar-refractivity contribution is 5.15. The maximum absolute atomic E-state index is 3.71. The highest BCUT2D eigenvalue weighted by Gasteiger charge is 2.13. The zero-order chi connectivity index (χ0) is 12.0. The summed E-state index contributed by atoms with van der Waals surface area (Å²) in [5, 5.41) is 3.71. The van der Waals surface area contributed by atoms with E-state index in [-0.39, 0.29) is 0 Å². The van der Waals surface area contributed by atoms with E-state index in [1.165, 1.54) is 12.0 Å². The van der Waals surface area contributed by atoms with E-state index in [1.54, 1.807) is 0 Å². The van der Waals surface area contributed by atoms with Crippen LogP contribution < -0.4 is 5.32 Å². The molecular weight excluding hydrogens is 194 g/mol. The first-order valence-electron chi connectivity index (χ1n) is 6.43. The summed E-state index contributed by atoms with van der Waals surface area (Å²) in [6.45, 7) is 9.08. The van der Waals surface area contributed by atoms with E-state index < -0.39 is 0 Å². The summed E-state index contributed by atoms with van der Waals surface area (Å²) in [5.41, 5.74) is 1.43. The van der Waals surface area contributed by atoms with Crippen LogP contribution in [0.4, 0.5) is 0 Å². The van der Waals surface area contributed by atoms with Crippen molar-refractivity contribution in [2.45, 2.75) is 52.6 Å². The highest BCUT2D eigenvalue weighted by Crippen LogP contribution is 2.09. The normalized spacial score (nSPS) is 15.1. The minimum Gasteiger partial charge on any atom is -0.311 e. The van der Waals surface area contributed by atoms with Gasteiger partial charge in [-0.2, -0.15) is 0 Å². The quantitative estimate of drug-likeness (QED) is 0.770. The Morgan fingerprint density at radius 1 is 1.06 bits per heavy atom. The van der Waals surface area contributed by atoms with Crippen molar-refractivity contribution in [2.24, 2.45) is 5.92 Å². The lowest BCUT2D eigenvalue weighted by molar-refractivity contribution is 0.363. The Bertz CT molecular complexity index is 279. The summed E-state index contributed by atoms with van der Waals surface area (Å²) in [4.78, 5) is 0. The topological polar surface area (TPSA) is 12.0 Å². The number of benzene rings is 1. The van der Waals surface area contributed by atoms with Gasteiger partial charge in [0, 0.05) is 12.1 Å². The minimum atomic E-state index is 0.591. The Morgan fingerprint density at radius 2 is 1.69 bits per heavy atom. The van der Waals surface area contributed by atoms with Crippen molar-refractivity contribution in [1.29, 1.82) is 0 Å². The molecule has 1 N–H and O–H groups in total. The smallest absolute Gasteiger partial charge is 0.0107 e. The zero-order valence-electron chi connectivity index (χ0n) is 11.0. The molecule has 0 spiro atoms. The second kappa shape index (κ2) is 6.70. The van der Waals surface area contributed by atoms with Crippen LogP contribution in [0, 0.1) is 5.92 Å². The van der Waals surface area contributed by atoms with Gasteiger partial charge in [-0.05, 0) is 31.2 Å². The molecule has 0 aliphatic carbocycles. The second-order valence-electron chi connectivity index (χ2n) is 4.99. The molecule has 0 bridgehead atoms. The van der Waals surface area contributed by atoms with Gasteiger partial charge in [-0.3, -0.25) is 0 Å². The van der Waals surface area contributed by atoms with Gasteiger partial charge < -0.3 is 5.32 Å². The van der Waals surface area contributed by atoms with Crippen molar-refractivity contribution in [1.82, 2.24) is 5.32 Å². The predicted octanol–water partition coefficient (Wildman–Crippen LogP) is 3.64. The molecule has 0 saturated carbocycles. The first-order valence-corrected chi connectivity index (χ1v) is 6.43. The van der Waals surface area contributed by atoms with Gasteiger partial charge in [0.2, 0.25) is 0 Å². The molecule has 1 aromatic rings. The van der Waals surface area contributed by atoms with Gasteiger partial charge in [0.05, 0.1) is 0 Å². The summed E-state index contributed by atoms with van der Waals surface area (Å²) in [5.74, 6) is 0.699. The van der Waals surface area contributed by atoms with Crippen molar-refractivity contribution >= 4 is 0 Å². The van der Waals surface area contributed by atoms with Crippen LogP contribution in [0.2, 0.25) is 0 Å². The van der Waals surface area contributed by atoms with E-state index in [1.807, 2.05) is 0 Å². The first-order chi connectivity index (χ1) is 7.63. The van der Waals surface area contributed by atoms with Crippen LogP contribution in [0.15, 0.2) is 30.3 Å². The molecule has 0 amide bonds. The summed E-state index contributed by atoms with van der Waals surface area (Å²) < 4.78 is 0. The van der Waals surface area contributed by atoms with E-state index in [0.29, 0.717) is 18.0 Å². The lowest BCUT2D eigenvalue weighted by Crippen LogP contribution is -2.40. The van der Waals surface area contributed by atoms with E-state index >= 15 is 0 Å². The summed E-state index contributed by atoms with van der Waals surface area (Å²) in [6, 6.07) is 11.9. The molecule has 1 rings (SSSR count). The van der Waals surface area contributed by atoms with Crippen molar-refractivity contribution in [3.05, 3.63) is 35.9 Å². The monoisotopic (exact) mass is 219 g/mol. The number of hydrogen-bond acceptors (Lipinski definition) is 1. The molecule has 1 heteroatoms. The molecule has 0 saturated heterocycles. The molecule has 0 heterocycles. The molecule has 0 radical (unpaired) electrons. The SMILES string of the molecule is CCC(Cc1ccccc1)NC(C)C(C)C. The molecule has 0 fully saturated rings. The molecular formula is C15H25N. The Hall–Kier alpha value is -0.820. The van der Waals surface area contributed by atoms with Crippen LogP contribution in [0.25, 0.3) is 0 Å². The lowest BCUT2D eigenvalue weighted by Gasteiger charge is -2.25. The molecule has 0 aromatic heterocycles. The van der Waals surface area contributed by atoms with E-state index in [9.17, 15) is 0 Å². The molecule has 1 aromatic carbocycles. The fourth-order valence-electron chi connectivity index (χ4n) is 1.78. The molecule has 1 nitrogen and oxygen atoms in total. The average Bonchev–Trinajstić information content (AvgIpc) is 2.29. The number of hydrogen-bond donors (Lipinski definition) is 1. The van der Waals surface area contributed by atoms with E-state index in [4.69, 9.17) is 0 Å². The number of nitrogens with one attached hydrogen (secondary N) is 1. The fourth-order valence-corrected chi connectivity index (χ4v) is 1.78. The molecule has 2 atom stereocenters. The molecule has 0 aliphatic heterocycles. The minimum absolute atomic E-state index is 0.591. The van der Waals surface area contributed by atoms with Gasteiger partial charge in [0.15, 0.2) is 0 Å². The fraction of sp³-hybridized carbons (Fsp3) is 0.600. The largest absolute Gasteiger partial charge is 0.311 e. The average molecular weight is 219 g/mol. The first kappa shape index (κ1) is 13.2. The van der Waals surface area contributed by atoms with Crippen molar-refractivity contribution in [2.75, 3.05) is 0 Å². The van der Waals surface area contributed by atoms with Crippen molar-refractivity contribution in [3.63, 3.8) is 0 Å². The van der Waals surface area contributed by atoms with Gasteiger partial charge in [-0.25, -0.2) is 0 Å². The van der Waals surface area contributed by atoms with Crippen LogP contribution >= 0.6 is 0 Å². The Kier molecular flexibility index (Phi) is 5.54. The van der Waals surface area contributed by atoms with E-state index in [0.717, 1.165) is 6.42 Å². The number of rotatable bonds is 6. The van der Waals surface area contributed by atoms with Crippen LogP contribution in [-0.2, 0) is 6.42 Å². The third kappa shape index (κ3) is 4.36. The van der Waals surface area contributed by atoms with Gasteiger partial charge >= 0.3 is 0 Å². The Balaban J connectivity index is 2.49. The third-order valence-corrected chi connectivity index (χ3v) is 3.32. The maximum Gasteiger partial charge on any atom is 0.0107 e. The van der Waals surface area contributed by atoms with Crippen LogP contribution in [0.3, 0.4) is 0 Å². The molecule has 16 heavy (non-hydrogen) atoms. The Labute approximate surface area is 100 Å². The summed E-state index contributed by atoms with van der Waals surface area (Å²) >= 11 is 0. The van der Waals surface area contributed by atoms with Crippen molar-refractivity contribution in [3.8, 4) is 0 Å². The van der Waals surface area contributed by atoms with Gasteiger partial charge in [-0.1, -0.05) is 51.1 Å². The molecule has 90 valence electrons. The molecule has 0 aliphatic rings. The van der Waals surface area contributed by atoms with Crippen LogP contribution in [-0.4, -0.2) is 12.1 Å². The summed E-state index contributed by atoms with van der Waals surface area (Å²) in [6.07, 6.45) is 2.32. The Morgan fingerprint density at radius 3 is 2.19 bits per heavy atom. The van der Waals surface area contributed by atoms with Gasteiger partial charge in [0.25, 0.3) is 0 Å². The standard InChI is InChI=1S/C15H25N/c1-5-15(16-13(4)12(2)3)11-14-9-7-6-8-10-14/h6-10,12-13,15-16H,5,11H2,1-4H3.